The molecule has 0 saturated heterocycles. The zero-order chi connectivity index (χ0) is 4.50. The van der Waals surface area contributed by atoms with Gasteiger partial charge in [-0.2, -0.15) is 0 Å². The highest BCUT2D eigenvalue weighted by molar-refractivity contribution is 8.22. The molecule has 0 atom stereocenters. The fraction of sp³-hybridized carbons (Fsp3) is 1.00. The van der Waals surface area contributed by atoms with Crippen LogP contribution in [0.2, 0.25) is 0 Å². The molecule has 0 bridgehead atoms. The number of halogens is 1. The van der Waals surface area contributed by atoms with Crippen LogP contribution in [0, 0.1) is 0 Å². The first kappa shape index (κ1) is 5.44. The molecule has 0 unspecified atom stereocenters. The second-order valence-electron chi connectivity index (χ2n) is 1.22. The Labute approximate surface area is 37.3 Å². The van der Waals surface area contributed by atoms with Crippen LogP contribution in [0.15, 0.2) is 0 Å². The van der Waals surface area contributed by atoms with E-state index in [0.717, 1.165) is 0 Å². The molecule has 0 aliphatic rings. The van der Waals surface area contributed by atoms with Gasteiger partial charge in [-0.05, 0) is 19.8 Å². The van der Waals surface area contributed by atoms with Crippen molar-refractivity contribution in [3.63, 3.8) is 0 Å². The maximum absolute atomic E-state index is 9.98. The predicted octanol–water partition coefficient (Wildman–Crippen LogP) is 0.417. The summed E-state index contributed by atoms with van der Waals surface area (Å²) < 4.78 is 9.98. The first-order chi connectivity index (χ1) is 2.00. The lowest BCUT2D eigenvalue weighted by Crippen LogP contribution is -1.89. The van der Waals surface area contributed by atoms with Crippen molar-refractivity contribution in [3.8, 4) is 0 Å². The zero-order valence-electron chi connectivity index (χ0n) is 3.23. The Balaban J connectivity index is 3.47. The molecule has 0 radical (unpaired) electrons. The molecule has 0 amide bonds. The topological polar surface area (TPSA) is 17.1 Å². The predicted molar refractivity (Wildman–Crippen MR) is 27.2 cm³/mol. The lowest BCUT2D eigenvalue weighted by molar-refractivity contribution is 0.687. The molecule has 5 heavy (non-hydrogen) atoms. The Hall–Kier alpha value is 0.440. The van der Waals surface area contributed by atoms with Gasteiger partial charge in [0, 0.05) is 12.5 Å². The van der Waals surface area contributed by atoms with E-state index < -0.39 is 9.15 Å². The summed E-state index contributed by atoms with van der Waals surface area (Å²) >= 11 is 0. The van der Waals surface area contributed by atoms with Gasteiger partial charge in [0.05, 0.1) is 0 Å². The van der Waals surface area contributed by atoms with E-state index in [2.05, 4.69) is 0 Å². The van der Waals surface area contributed by atoms with Crippen molar-refractivity contribution in [2.24, 2.45) is 0 Å². The van der Waals surface area contributed by atoms with Crippen LogP contribution >= 0.6 is 10.7 Å². The Bertz CT molecular complexity index is 55.8. The molecule has 0 aliphatic carbocycles. The van der Waals surface area contributed by atoms with Crippen molar-refractivity contribution in [3.05, 3.63) is 0 Å². The van der Waals surface area contributed by atoms with E-state index in [4.69, 9.17) is 10.7 Å². The quantitative estimate of drug-likeness (QED) is 0.357. The van der Waals surface area contributed by atoms with Crippen molar-refractivity contribution < 1.29 is 4.21 Å². The van der Waals surface area contributed by atoms with Gasteiger partial charge in [-0.15, -0.1) is 0 Å². The number of hydrogen-bond donors (Lipinski definition) is 1. The highest BCUT2D eigenvalue weighted by Gasteiger charge is 1.83. The molecule has 0 heterocycles. The van der Waals surface area contributed by atoms with Gasteiger partial charge in [0.25, 0.3) is 0 Å². The molecule has 0 saturated carbocycles. The fourth-order valence-corrected chi connectivity index (χ4v) is 0. The van der Waals surface area contributed by atoms with E-state index in [1.165, 1.54) is 12.5 Å². The van der Waals surface area contributed by atoms with Crippen molar-refractivity contribution in [2.75, 3.05) is 12.5 Å². The molecule has 0 aromatic heterocycles. The van der Waals surface area contributed by atoms with Crippen molar-refractivity contribution in [2.45, 2.75) is 0 Å². The summed E-state index contributed by atoms with van der Waals surface area (Å²) in [6.45, 7) is 0. The van der Waals surface area contributed by atoms with Crippen LogP contribution in [0.25, 0.3) is 0 Å². The van der Waals surface area contributed by atoms with E-state index >= 15 is 0 Å². The average molecular weight is 115 g/mol. The summed E-state index contributed by atoms with van der Waals surface area (Å²) in [7, 11) is 2.92. The molecule has 0 rings (SSSR count). The number of thiol groups is 1. The molecule has 3 heteroatoms. The molecule has 0 N–H and O–H groups in total. The average Bonchev–Trinajstić information content (AvgIpc) is 0.722. The minimum Gasteiger partial charge on any atom is -0.271 e. The summed E-state index contributed by atoms with van der Waals surface area (Å²) in [6.07, 6.45) is 3.02. The van der Waals surface area contributed by atoms with E-state index in [1.807, 2.05) is 0 Å². The third-order valence-corrected chi connectivity index (χ3v) is 0. The van der Waals surface area contributed by atoms with E-state index in [1.54, 1.807) is 0 Å². The Morgan fingerprint density at radius 2 is 1.60 bits per heavy atom. The molecular weight excluding hydrogens is 108 g/mol. The summed E-state index contributed by atoms with van der Waals surface area (Å²) in [4.78, 5) is 0. The van der Waals surface area contributed by atoms with Crippen LogP contribution in [0.1, 0.15) is 0 Å². The van der Waals surface area contributed by atoms with Crippen LogP contribution in [0.4, 0.5) is 0 Å². The van der Waals surface area contributed by atoms with Crippen molar-refractivity contribution in [1.82, 2.24) is 0 Å². The largest absolute Gasteiger partial charge is 0.271 e. The van der Waals surface area contributed by atoms with Gasteiger partial charge in [0.2, 0.25) is 0 Å². The molecule has 34 valence electrons. The normalized spacial score (nSPS) is 15.0. The van der Waals surface area contributed by atoms with Gasteiger partial charge in [-0.1, -0.05) is 0 Å². The first-order valence-electron chi connectivity index (χ1n) is 1.25. The molecular formula is C2H7ClOS. The summed E-state index contributed by atoms with van der Waals surface area (Å²) in [5.74, 6) is 0. The minimum atomic E-state index is -2.17. The first-order valence-corrected chi connectivity index (χ1v) is 4.75. The van der Waals surface area contributed by atoms with Gasteiger partial charge < -0.3 is 0 Å². The monoisotopic (exact) mass is 114 g/mol. The van der Waals surface area contributed by atoms with Gasteiger partial charge in [-0.25, -0.2) is 0 Å². The maximum Gasteiger partial charge on any atom is 0.00182 e. The van der Waals surface area contributed by atoms with Gasteiger partial charge in [0.15, 0.2) is 0 Å². The fourth-order valence-electron chi connectivity index (χ4n) is 0. The second-order valence-corrected chi connectivity index (χ2v) is 6.10. The van der Waals surface area contributed by atoms with Crippen LogP contribution in [0.3, 0.4) is 0 Å². The third-order valence-electron chi connectivity index (χ3n) is 0. The van der Waals surface area contributed by atoms with Crippen LogP contribution < -0.4 is 0 Å². The Kier molecular flexibility index (Phi) is 1.38. The Morgan fingerprint density at radius 1 is 1.60 bits per heavy atom. The van der Waals surface area contributed by atoms with E-state index in [-0.39, 0.29) is 0 Å². The third kappa shape index (κ3) is 137. The van der Waals surface area contributed by atoms with Gasteiger partial charge in [0.1, 0.15) is 0 Å². The van der Waals surface area contributed by atoms with E-state index in [9.17, 15) is 4.21 Å². The molecule has 0 spiro atoms. The van der Waals surface area contributed by atoms with Crippen LogP contribution in [-0.4, -0.2) is 16.7 Å². The van der Waals surface area contributed by atoms with Crippen molar-refractivity contribution >= 4 is 19.8 Å². The van der Waals surface area contributed by atoms with E-state index in [0.29, 0.717) is 0 Å². The highest BCUT2D eigenvalue weighted by atomic mass is 35.7. The molecule has 0 aromatic rings. The zero-order valence-corrected chi connectivity index (χ0v) is 4.88. The maximum atomic E-state index is 9.98. The van der Waals surface area contributed by atoms with Crippen molar-refractivity contribution in [1.29, 1.82) is 0 Å². The summed E-state index contributed by atoms with van der Waals surface area (Å²) in [5.41, 5.74) is 0. The molecule has 0 fully saturated rings. The number of rotatable bonds is 0. The van der Waals surface area contributed by atoms with Gasteiger partial charge >= 0.3 is 0 Å². The van der Waals surface area contributed by atoms with Crippen LogP contribution in [-0.2, 0) is 9.15 Å². The smallest absolute Gasteiger partial charge is 0.00182 e. The molecule has 1 nitrogen and oxygen atoms in total. The highest BCUT2D eigenvalue weighted by Crippen LogP contribution is 1.95. The summed E-state index contributed by atoms with van der Waals surface area (Å²) in [6, 6.07) is 0. The SMILES string of the molecule is C[SH](C)(=O)Cl. The van der Waals surface area contributed by atoms with Crippen LogP contribution in [0.5, 0.6) is 0 Å². The lowest BCUT2D eigenvalue weighted by Gasteiger charge is -1.92. The number of hydrogen-bond acceptors (Lipinski definition) is 1. The second kappa shape index (κ2) is 1.27. The standard InChI is InChI=1S/C2H7ClOS/c1-5(2,3)4/h5H,1-2H3. The molecule has 0 aliphatic heterocycles. The Morgan fingerprint density at radius 3 is 1.60 bits per heavy atom. The molecule has 0 aromatic carbocycles. The summed E-state index contributed by atoms with van der Waals surface area (Å²) in [5, 5.41) is 0. The lowest BCUT2D eigenvalue weighted by atomic mass is 11.9. The van der Waals surface area contributed by atoms with Gasteiger partial charge in [-0.3, -0.25) is 4.21 Å². The minimum absolute atomic E-state index is 1.51.